The molecular formula is C28H32O17. The summed E-state index contributed by atoms with van der Waals surface area (Å²) in [6.45, 7) is -1.57. The quantitative estimate of drug-likeness (QED) is 0.123. The number of benzene rings is 2. The van der Waals surface area contributed by atoms with E-state index >= 15 is 0 Å². The molecule has 1 aromatic heterocycles. The number of methoxy groups -OCH3 is 1. The van der Waals surface area contributed by atoms with Gasteiger partial charge < -0.3 is 79.2 Å². The Hall–Kier alpha value is -3.75. The van der Waals surface area contributed by atoms with Gasteiger partial charge in [0.2, 0.25) is 17.5 Å². The number of phenolic OH excluding ortho intramolecular Hbond substituents is 2. The summed E-state index contributed by atoms with van der Waals surface area (Å²) in [6.07, 6.45) is -17.1. The standard InChI is InChI=1S/C28H32O17/c1-40-13-4-9(2-3-11(13)31)25-23(38)20(35)17-12(32)5-10(6-14(17)42-25)41-28-26(22(37)19(34)16(8-30)44-28)45-27-24(39)21(36)18(33)15(7-29)43-27/h2-6,15-16,18-19,21-22,24,26-34,36-39H,7-8H2,1H3/t15-,16-,18-,19-,21+,22+,24-,26-,27+,28-/m1/s1. The molecule has 0 amide bonds. The summed E-state index contributed by atoms with van der Waals surface area (Å²) in [7, 11) is 1.29. The lowest BCUT2D eigenvalue weighted by molar-refractivity contribution is -0.357. The summed E-state index contributed by atoms with van der Waals surface area (Å²) in [5.41, 5.74) is -1.19. The second kappa shape index (κ2) is 12.9. The minimum absolute atomic E-state index is 0.00801. The fraction of sp³-hybridized carbons (Fsp3) is 0.464. The number of hydrogen-bond acceptors (Lipinski definition) is 17. The van der Waals surface area contributed by atoms with Crippen LogP contribution < -0.4 is 14.9 Å². The van der Waals surface area contributed by atoms with Crippen molar-refractivity contribution in [3.05, 3.63) is 40.6 Å². The SMILES string of the molecule is COc1cc(-c2oc3cc(O[C@@H]4O[C@H](CO)[C@@H](O)[C@H](O)[C@H]4O[C@@H]4O[C@H](CO)[C@@H](O)[C@H](O)[C@H]4O)cc(O)c3c(=O)c2O)ccc1O. The largest absolute Gasteiger partial charge is 0.507 e. The zero-order valence-electron chi connectivity index (χ0n) is 23.4. The van der Waals surface area contributed by atoms with Gasteiger partial charge in [-0.2, -0.15) is 0 Å². The molecule has 0 bridgehead atoms. The molecule has 17 nitrogen and oxygen atoms in total. The average Bonchev–Trinajstić information content (AvgIpc) is 3.02. The van der Waals surface area contributed by atoms with E-state index in [1.807, 2.05) is 0 Å². The molecule has 0 aliphatic carbocycles. The lowest BCUT2D eigenvalue weighted by atomic mass is 9.97. The molecule has 2 fully saturated rings. The zero-order valence-corrected chi connectivity index (χ0v) is 23.4. The average molecular weight is 641 g/mol. The number of aliphatic hydroxyl groups excluding tert-OH is 7. The van der Waals surface area contributed by atoms with Crippen molar-refractivity contribution in [3.63, 3.8) is 0 Å². The molecule has 3 aromatic rings. The van der Waals surface area contributed by atoms with Gasteiger partial charge in [-0.1, -0.05) is 0 Å². The second-order valence-corrected chi connectivity index (χ2v) is 10.4. The maximum Gasteiger partial charge on any atom is 0.238 e. The first-order chi connectivity index (χ1) is 21.4. The van der Waals surface area contributed by atoms with Crippen LogP contribution in [0.5, 0.6) is 28.7 Å². The summed E-state index contributed by atoms with van der Waals surface area (Å²) in [6, 6.07) is 5.93. The molecule has 2 aromatic carbocycles. The lowest BCUT2D eigenvalue weighted by Gasteiger charge is -2.45. The van der Waals surface area contributed by atoms with Gasteiger partial charge in [0.1, 0.15) is 65.2 Å². The summed E-state index contributed by atoms with van der Waals surface area (Å²) < 4.78 is 33.1. The number of rotatable bonds is 8. The van der Waals surface area contributed by atoms with Crippen molar-refractivity contribution in [2.24, 2.45) is 0 Å². The number of aliphatic hydroxyl groups is 7. The van der Waals surface area contributed by atoms with Crippen LogP contribution in [0.1, 0.15) is 0 Å². The van der Waals surface area contributed by atoms with Crippen molar-refractivity contribution in [1.29, 1.82) is 0 Å². The molecule has 2 aliphatic heterocycles. The first-order valence-electron chi connectivity index (χ1n) is 13.5. The van der Waals surface area contributed by atoms with Crippen molar-refractivity contribution in [1.82, 2.24) is 0 Å². The van der Waals surface area contributed by atoms with Gasteiger partial charge in [-0.25, -0.2) is 0 Å². The molecular weight excluding hydrogens is 608 g/mol. The highest BCUT2D eigenvalue weighted by Gasteiger charge is 2.51. The molecule has 0 radical (unpaired) electrons. The van der Waals surface area contributed by atoms with Crippen molar-refractivity contribution in [2.45, 2.75) is 61.4 Å². The summed E-state index contributed by atoms with van der Waals surface area (Å²) in [4.78, 5) is 13.0. The molecule has 2 aliphatic rings. The van der Waals surface area contributed by atoms with E-state index in [9.17, 15) is 55.9 Å². The van der Waals surface area contributed by atoms with Crippen LogP contribution in [0.15, 0.2) is 39.5 Å². The molecule has 5 rings (SSSR count). The van der Waals surface area contributed by atoms with E-state index in [0.29, 0.717) is 0 Å². The van der Waals surface area contributed by atoms with Crippen LogP contribution >= 0.6 is 0 Å². The van der Waals surface area contributed by atoms with Gasteiger partial charge in [0, 0.05) is 17.7 Å². The van der Waals surface area contributed by atoms with Gasteiger partial charge in [-0.15, -0.1) is 0 Å². The van der Waals surface area contributed by atoms with Crippen molar-refractivity contribution < 1.29 is 79.2 Å². The Kier molecular flexibility index (Phi) is 9.38. The first-order valence-corrected chi connectivity index (χ1v) is 13.5. The predicted octanol–water partition coefficient (Wildman–Crippen LogP) is -2.41. The Morgan fingerprint density at radius 2 is 1.42 bits per heavy atom. The maximum absolute atomic E-state index is 13.0. The number of fused-ring (bicyclic) bond motifs is 1. The third-order valence-corrected chi connectivity index (χ3v) is 7.58. The molecule has 10 atom stereocenters. The van der Waals surface area contributed by atoms with Gasteiger partial charge in [0.25, 0.3) is 0 Å². The molecule has 0 unspecified atom stereocenters. The summed E-state index contributed by atoms with van der Waals surface area (Å²) >= 11 is 0. The van der Waals surface area contributed by atoms with E-state index in [0.717, 1.165) is 12.1 Å². The number of phenols is 2. The Balaban J connectivity index is 1.51. The van der Waals surface area contributed by atoms with Crippen LogP contribution in [0.25, 0.3) is 22.3 Å². The molecule has 2 saturated heterocycles. The monoisotopic (exact) mass is 640 g/mol. The smallest absolute Gasteiger partial charge is 0.238 e. The van der Waals surface area contributed by atoms with Gasteiger partial charge in [-0.05, 0) is 18.2 Å². The van der Waals surface area contributed by atoms with E-state index in [-0.39, 0.29) is 34.2 Å². The Morgan fingerprint density at radius 1 is 0.778 bits per heavy atom. The number of hydrogen-bond donors (Lipinski definition) is 10. The van der Waals surface area contributed by atoms with Crippen molar-refractivity contribution >= 4 is 11.0 Å². The highest BCUT2D eigenvalue weighted by molar-refractivity contribution is 5.88. The molecule has 3 heterocycles. The second-order valence-electron chi connectivity index (χ2n) is 10.4. The number of aromatic hydroxyl groups is 3. The molecule has 17 heteroatoms. The molecule has 0 saturated carbocycles. The van der Waals surface area contributed by atoms with E-state index in [4.69, 9.17) is 28.1 Å². The van der Waals surface area contributed by atoms with Crippen LogP contribution in [-0.4, -0.2) is 133 Å². The van der Waals surface area contributed by atoms with E-state index in [1.54, 1.807) is 0 Å². The Labute approximate surface area is 252 Å². The summed E-state index contributed by atoms with van der Waals surface area (Å²) in [5.74, 6) is -2.39. The van der Waals surface area contributed by atoms with Crippen LogP contribution in [0.2, 0.25) is 0 Å². The van der Waals surface area contributed by atoms with Crippen molar-refractivity contribution in [2.75, 3.05) is 20.3 Å². The highest BCUT2D eigenvalue weighted by Crippen LogP contribution is 2.39. The predicted molar refractivity (Wildman–Crippen MR) is 146 cm³/mol. The topological polar surface area (TPSA) is 279 Å². The van der Waals surface area contributed by atoms with Crippen molar-refractivity contribution in [3.8, 4) is 40.1 Å². The van der Waals surface area contributed by atoms with Crippen LogP contribution in [0, 0.1) is 0 Å². The van der Waals surface area contributed by atoms with E-state index in [2.05, 4.69) is 0 Å². The van der Waals surface area contributed by atoms with E-state index in [1.165, 1.54) is 25.3 Å². The van der Waals surface area contributed by atoms with E-state index < -0.39 is 96.9 Å². The van der Waals surface area contributed by atoms with Gasteiger partial charge in [0.05, 0.1) is 20.3 Å². The van der Waals surface area contributed by atoms with Gasteiger partial charge in [0.15, 0.2) is 29.7 Å². The van der Waals surface area contributed by atoms with Gasteiger partial charge >= 0.3 is 0 Å². The van der Waals surface area contributed by atoms with Gasteiger partial charge in [-0.3, -0.25) is 4.79 Å². The fourth-order valence-electron chi connectivity index (χ4n) is 5.11. The third kappa shape index (κ3) is 5.98. The molecule has 10 N–H and O–H groups in total. The highest BCUT2D eigenvalue weighted by atomic mass is 16.8. The lowest BCUT2D eigenvalue weighted by Crippen LogP contribution is -2.65. The normalized spacial score (nSPS) is 32.0. The third-order valence-electron chi connectivity index (χ3n) is 7.58. The minimum Gasteiger partial charge on any atom is -0.507 e. The number of ether oxygens (including phenoxy) is 5. The molecule has 45 heavy (non-hydrogen) atoms. The summed E-state index contributed by atoms with van der Waals surface area (Å²) in [5, 5.41) is 102. The van der Waals surface area contributed by atoms with Crippen LogP contribution in [0.3, 0.4) is 0 Å². The minimum atomic E-state index is -1.90. The molecule has 246 valence electrons. The maximum atomic E-state index is 13.0. The first kappa shape index (κ1) is 32.6. The van der Waals surface area contributed by atoms with Crippen LogP contribution in [-0.2, 0) is 14.2 Å². The fourth-order valence-corrected chi connectivity index (χ4v) is 5.11. The zero-order chi connectivity index (χ0) is 32.7. The Bertz CT molecular complexity index is 1570. The molecule has 0 spiro atoms. The Morgan fingerprint density at radius 3 is 2.07 bits per heavy atom. The van der Waals surface area contributed by atoms with Crippen LogP contribution in [0.4, 0.5) is 0 Å².